The van der Waals surface area contributed by atoms with Gasteiger partial charge in [0.05, 0.1) is 10.5 Å². The second-order valence-electron chi connectivity index (χ2n) is 6.24. The number of carbonyl (C=O) groups is 2. The van der Waals surface area contributed by atoms with Gasteiger partial charge < -0.3 is 10.2 Å². The molecule has 2 N–H and O–H groups in total. The smallest absolute Gasteiger partial charge is 0.316 e. The Kier molecular flexibility index (Phi) is 15.9. The Morgan fingerprint density at radius 1 is 0.625 bits per heavy atom. The minimum Gasteiger partial charge on any atom is -0.480 e. The zero-order valence-electron chi connectivity index (χ0n) is 15.2. The summed E-state index contributed by atoms with van der Waals surface area (Å²) in [5.41, 5.74) is 0. The van der Waals surface area contributed by atoms with E-state index in [4.69, 9.17) is 10.2 Å². The molecule has 0 aromatic rings. The lowest BCUT2D eigenvalue weighted by Gasteiger charge is -2.06. The van der Waals surface area contributed by atoms with Crippen LogP contribution in [0.4, 0.5) is 0 Å². The number of carboxylic acids is 2. The van der Waals surface area contributed by atoms with E-state index in [1.807, 2.05) is 0 Å². The zero-order valence-corrected chi connectivity index (χ0v) is 16.8. The fourth-order valence-corrected chi connectivity index (χ4v) is 4.01. The summed E-state index contributed by atoms with van der Waals surface area (Å²) < 4.78 is 0. The summed E-state index contributed by atoms with van der Waals surface area (Å²) in [4.78, 5) is 21.3. The van der Waals surface area contributed by atoms with Crippen LogP contribution >= 0.6 is 23.5 Å². The van der Waals surface area contributed by atoms with Crippen LogP contribution in [0.5, 0.6) is 0 Å². The van der Waals surface area contributed by atoms with E-state index in [1.54, 1.807) is 13.8 Å². The molecular weight excluding hydrogens is 344 g/mol. The molecule has 0 aromatic carbocycles. The highest BCUT2D eigenvalue weighted by atomic mass is 32.2. The number of aliphatic carboxylic acids is 2. The second-order valence-corrected chi connectivity index (χ2v) is 9.14. The molecule has 0 spiro atoms. The monoisotopic (exact) mass is 378 g/mol. The summed E-state index contributed by atoms with van der Waals surface area (Å²) in [5, 5.41) is 17.0. The Labute approximate surface area is 155 Å². The van der Waals surface area contributed by atoms with E-state index in [0.29, 0.717) is 0 Å². The topological polar surface area (TPSA) is 74.6 Å². The molecule has 0 aromatic heterocycles. The van der Waals surface area contributed by atoms with Gasteiger partial charge in [-0.15, -0.1) is 23.5 Å². The number of unbranched alkanes of at least 4 members (excludes halogenated alkanes) is 9. The van der Waals surface area contributed by atoms with Crippen molar-refractivity contribution in [3.63, 3.8) is 0 Å². The Morgan fingerprint density at radius 3 is 1.12 bits per heavy atom. The quantitative estimate of drug-likeness (QED) is 0.335. The summed E-state index contributed by atoms with van der Waals surface area (Å²) in [6.07, 6.45) is 12.3. The van der Waals surface area contributed by atoms with E-state index in [-0.39, 0.29) is 10.5 Å². The highest BCUT2D eigenvalue weighted by Gasteiger charge is 2.10. The molecule has 0 aliphatic heterocycles. The van der Waals surface area contributed by atoms with Gasteiger partial charge in [0.25, 0.3) is 0 Å². The van der Waals surface area contributed by atoms with Gasteiger partial charge in [-0.3, -0.25) is 9.59 Å². The first kappa shape index (κ1) is 23.6. The number of thioether (sulfide) groups is 2. The maximum atomic E-state index is 10.7. The summed E-state index contributed by atoms with van der Waals surface area (Å²) >= 11 is 3.07. The number of rotatable bonds is 17. The predicted molar refractivity (Wildman–Crippen MR) is 105 cm³/mol. The van der Waals surface area contributed by atoms with Crippen LogP contribution < -0.4 is 0 Å². The summed E-state index contributed by atoms with van der Waals surface area (Å²) in [6.45, 7) is 3.50. The molecule has 0 aliphatic carbocycles. The highest BCUT2D eigenvalue weighted by molar-refractivity contribution is 8.00. The molecule has 0 unspecified atom stereocenters. The van der Waals surface area contributed by atoms with Crippen LogP contribution in [0.15, 0.2) is 0 Å². The lowest BCUT2D eigenvalue weighted by molar-refractivity contribution is -0.137. The largest absolute Gasteiger partial charge is 0.480 e. The second kappa shape index (κ2) is 16.1. The van der Waals surface area contributed by atoms with Gasteiger partial charge in [0.2, 0.25) is 0 Å². The molecule has 24 heavy (non-hydrogen) atoms. The lowest BCUT2D eigenvalue weighted by atomic mass is 10.1. The molecule has 142 valence electrons. The van der Waals surface area contributed by atoms with Crippen LogP contribution in [0.3, 0.4) is 0 Å². The normalized spacial score (nSPS) is 13.6. The molecule has 0 saturated heterocycles. The van der Waals surface area contributed by atoms with Gasteiger partial charge in [0, 0.05) is 0 Å². The third-order valence-corrected chi connectivity index (χ3v) is 6.42. The third kappa shape index (κ3) is 15.2. The van der Waals surface area contributed by atoms with Crippen molar-refractivity contribution in [1.82, 2.24) is 0 Å². The van der Waals surface area contributed by atoms with Crippen molar-refractivity contribution in [2.24, 2.45) is 0 Å². The van der Waals surface area contributed by atoms with Crippen LogP contribution in [-0.2, 0) is 9.59 Å². The molecule has 2 atom stereocenters. The van der Waals surface area contributed by atoms with Crippen LogP contribution in [0, 0.1) is 0 Å². The van der Waals surface area contributed by atoms with E-state index in [2.05, 4.69) is 0 Å². The molecule has 4 nitrogen and oxygen atoms in total. The standard InChI is InChI=1S/C18H34O4S2/c1-15(17(19)20)23-13-11-9-7-5-3-4-6-8-10-12-14-24-16(2)18(21)22/h15-16H,3-14H2,1-2H3,(H,19,20)(H,21,22)/t15-,16-/m1/s1. The Morgan fingerprint density at radius 2 is 0.875 bits per heavy atom. The minimum atomic E-state index is -0.713. The number of hydrogen-bond acceptors (Lipinski definition) is 4. The van der Waals surface area contributed by atoms with E-state index in [0.717, 1.165) is 24.3 Å². The van der Waals surface area contributed by atoms with Gasteiger partial charge in [-0.2, -0.15) is 0 Å². The van der Waals surface area contributed by atoms with Gasteiger partial charge in [-0.05, 0) is 38.2 Å². The van der Waals surface area contributed by atoms with Crippen molar-refractivity contribution in [3.8, 4) is 0 Å². The van der Waals surface area contributed by atoms with Crippen molar-refractivity contribution in [2.75, 3.05) is 11.5 Å². The van der Waals surface area contributed by atoms with Crippen molar-refractivity contribution in [1.29, 1.82) is 0 Å². The van der Waals surface area contributed by atoms with Gasteiger partial charge in [0.15, 0.2) is 0 Å². The molecule has 0 bridgehead atoms. The van der Waals surface area contributed by atoms with E-state index in [1.165, 1.54) is 74.9 Å². The first-order chi connectivity index (χ1) is 11.4. The third-order valence-electron chi connectivity index (χ3n) is 3.97. The maximum absolute atomic E-state index is 10.7. The fourth-order valence-electron chi connectivity index (χ4n) is 2.28. The average Bonchev–Trinajstić information content (AvgIpc) is 2.54. The van der Waals surface area contributed by atoms with Crippen LogP contribution in [0.25, 0.3) is 0 Å². The van der Waals surface area contributed by atoms with Crippen molar-refractivity contribution >= 4 is 35.5 Å². The maximum Gasteiger partial charge on any atom is 0.316 e. The SMILES string of the molecule is C[C@@H](SCCCCCCCCCCCCS[C@H](C)C(=O)O)C(=O)O. The summed E-state index contributed by atoms with van der Waals surface area (Å²) in [5.74, 6) is 0.475. The van der Waals surface area contributed by atoms with Crippen molar-refractivity contribution < 1.29 is 19.8 Å². The zero-order chi connectivity index (χ0) is 18.2. The van der Waals surface area contributed by atoms with Gasteiger partial charge in [-0.1, -0.05) is 51.4 Å². The van der Waals surface area contributed by atoms with Crippen molar-refractivity contribution in [3.05, 3.63) is 0 Å². The van der Waals surface area contributed by atoms with Crippen LogP contribution in [0.2, 0.25) is 0 Å². The number of hydrogen-bond donors (Lipinski definition) is 2. The molecule has 0 aliphatic rings. The molecule has 6 heteroatoms. The average molecular weight is 379 g/mol. The highest BCUT2D eigenvalue weighted by Crippen LogP contribution is 2.17. The van der Waals surface area contributed by atoms with E-state index < -0.39 is 11.9 Å². The van der Waals surface area contributed by atoms with Crippen molar-refractivity contribution in [2.45, 2.75) is 88.6 Å². The molecule has 0 saturated carbocycles. The van der Waals surface area contributed by atoms with E-state index in [9.17, 15) is 9.59 Å². The van der Waals surface area contributed by atoms with Gasteiger partial charge in [0.1, 0.15) is 0 Å². The van der Waals surface area contributed by atoms with E-state index >= 15 is 0 Å². The minimum absolute atomic E-state index is 0.282. The predicted octanol–water partition coefficient (Wildman–Crippen LogP) is 5.30. The molecule has 0 amide bonds. The Hall–Kier alpha value is -0.360. The first-order valence-electron chi connectivity index (χ1n) is 9.14. The molecule has 0 radical (unpaired) electrons. The summed E-state index contributed by atoms with van der Waals surface area (Å²) in [7, 11) is 0. The lowest BCUT2D eigenvalue weighted by Crippen LogP contribution is -2.11. The molecule has 0 fully saturated rings. The number of carboxylic acid groups (broad SMARTS) is 2. The fraction of sp³-hybridized carbons (Fsp3) is 0.889. The van der Waals surface area contributed by atoms with Gasteiger partial charge >= 0.3 is 11.9 Å². The Balaban J connectivity index is 3.15. The molecule has 0 heterocycles. The van der Waals surface area contributed by atoms with Crippen LogP contribution in [-0.4, -0.2) is 44.2 Å². The Bertz CT molecular complexity index is 305. The van der Waals surface area contributed by atoms with Gasteiger partial charge in [-0.25, -0.2) is 0 Å². The first-order valence-corrected chi connectivity index (χ1v) is 11.2. The molecule has 0 rings (SSSR count). The summed E-state index contributed by atoms with van der Waals surface area (Å²) in [6, 6.07) is 0. The van der Waals surface area contributed by atoms with Crippen LogP contribution in [0.1, 0.15) is 78.1 Å². The molecular formula is C18H34O4S2.